The van der Waals surface area contributed by atoms with E-state index in [-0.39, 0.29) is 11.7 Å². The van der Waals surface area contributed by atoms with Crippen LogP contribution in [0.5, 0.6) is 5.75 Å². The van der Waals surface area contributed by atoms with Gasteiger partial charge in [-0.05, 0) is 36.6 Å². The zero-order valence-corrected chi connectivity index (χ0v) is 12.1. The summed E-state index contributed by atoms with van der Waals surface area (Å²) in [5.74, 6) is 0.272. The number of hydrogen-bond acceptors (Lipinski definition) is 2. The third-order valence-corrected chi connectivity index (χ3v) is 3.47. The highest BCUT2D eigenvalue weighted by atomic mass is 16.3. The van der Waals surface area contributed by atoms with E-state index in [9.17, 15) is 9.90 Å². The molecule has 0 fully saturated rings. The minimum Gasteiger partial charge on any atom is -0.508 e. The third-order valence-electron chi connectivity index (χ3n) is 3.47. The Hall–Kier alpha value is -1.97. The molecule has 0 atom stereocenters. The maximum atomic E-state index is 10.9. The summed E-state index contributed by atoms with van der Waals surface area (Å²) in [6, 6.07) is 5.49. The quantitative estimate of drug-likeness (QED) is 0.851. The summed E-state index contributed by atoms with van der Waals surface area (Å²) in [5, 5.41) is 13.6. The Morgan fingerprint density at radius 1 is 1.40 bits per heavy atom. The number of aromatic hydroxyl groups is 1. The van der Waals surface area contributed by atoms with Gasteiger partial charge >= 0.3 is 0 Å². The third kappa shape index (κ3) is 3.32. The number of carbonyl (C=O) groups excluding carboxylic acids is 1. The van der Waals surface area contributed by atoms with Crippen molar-refractivity contribution in [1.82, 2.24) is 9.88 Å². The van der Waals surface area contributed by atoms with E-state index >= 15 is 0 Å². The fourth-order valence-corrected chi connectivity index (χ4v) is 2.44. The van der Waals surface area contributed by atoms with E-state index in [1.54, 1.807) is 12.1 Å². The summed E-state index contributed by atoms with van der Waals surface area (Å²) in [6.07, 6.45) is 5.20. The first kappa shape index (κ1) is 14.4. The van der Waals surface area contributed by atoms with Gasteiger partial charge in [0.1, 0.15) is 5.75 Å². The molecule has 1 aromatic carbocycles. The lowest BCUT2D eigenvalue weighted by Crippen LogP contribution is -2.22. The molecule has 4 nitrogen and oxygen atoms in total. The number of phenolic OH excluding ortho intramolecular Hbond substituents is 1. The SMILES string of the molecule is CCCCn1cc(CCNC(C)=O)c2cc(O)ccc21. The van der Waals surface area contributed by atoms with Crippen LogP contribution < -0.4 is 5.32 Å². The first-order valence-corrected chi connectivity index (χ1v) is 7.17. The molecular weight excluding hydrogens is 252 g/mol. The minimum absolute atomic E-state index is 0.0115. The lowest BCUT2D eigenvalue weighted by atomic mass is 10.1. The smallest absolute Gasteiger partial charge is 0.216 e. The molecule has 0 spiro atoms. The number of fused-ring (bicyclic) bond motifs is 1. The molecule has 2 aromatic rings. The fourth-order valence-electron chi connectivity index (χ4n) is 2.44. The van der Waals surface area contributed by atoms with Crippen LogP contribution in [-0.4, -0.2) is 22.1 Å². The number of phenols is 1. The molecule has 2 rings (SSSR count). The van der Waals surface area contributed by atoms with Crippen molar-refractivity contribution >= 4 is 16.8 Å². The van der Waals surface area contributed by atoms with E-state index in [0.717, 1.165) is 36.7 Å². The average molecular weight is 274 g/mol. The highest BCUT2D eigenvalue weighted by Gasteiger charge is 2.09. The van der Waals surface area contributed by atoms with E-state index in [4.69, 9.17) is 0 Å². The number of unbranched alkanes of at least 4 members (excludes halogenated alkanes) is 1. The van der Waals surface area contributed by atoms with Gasteiger partial charge in [-0.2, -0.15) is 0 Å². The highest BCUT2D eigenvalue weighted by Crippen LogP contribution is 2.26. The second-order valence-corrected chi connectivity index (χ2v) is 5.14. The Morgan fingerprint density at radius 3 is 2.90 bits per heavy atom. The van der Waals surface area contributed by atoms with E-state index < -0.39 is 0 Å². The summed E-state index contributed by atoms with van der Waals surface area (Å²) in [6.45, 7) is 5.31. The molecule has 1 aromatic heterocycles. The van der Waals surface area contributed by atoms with Gasteiger partial charge in [0.2, 0.25) is 5.91 Å². The van der Waals surface area contributed by atoms with Gasteiger partial charge in [-0.1, -0.05) is 13.3 Å². The lowest BCUT2D eigenvalue weighted by Gasteiger charge is -2.03. The number of rotatable bonds is 6. The van der Waals surface area contributed by atoms with Gasteiger partial charge in [-0.25, -0.2) is 0 Å². The van der Waals surface area contributed by atoms with Gasteiger partial charge < -0.3 is 15.0 Å². The summed E-state index contributed by atoms with van der Waals surface area (Å²) in [5.41, 5.74) is 2.31. The maximum Gasteiger partial charge on any atom is 0.216 e. The lowest BCUT2D eigenvalue weighted by molar-refractivity contribution is -0.118. The molecule has 0 unspecified atom stereocenters. The van der Waals surface area contributed by atoms with Crippen LogP contribution in [-0.2, 0) is 17.8 Å². The minimum atomic E-state index is -0.0115. The highest BCUT2D eigenvalue weighted by molar-refractivity contribution is 5.85. The summed E-state index contributed by atoms with van der Waals surface area (Å²) in [4.78, 5) is 10.9. The molecular formula is C16H22N2O2. The predicted molar refractivity (Wildman–Crippen MR) is 80.9 cm³/mol. The largest absolute Gasteiger partial charge is 0.508 e. The molecule has 0 bridgehead atoms. The average Bonchev–Trinajstić information content (AvgIpc) is 2.74. The van der Waals surface area contributed by atoms with Crippen LogP contribution in [0.3, 0.4) is 0 Å². The van der Waals surface area contributed by atoms with Crippen LogP contribution in [0.2, 0.25) is 0 Å². The first-order valence-electron chi connectivity index (χ1n) is 7.17. The summed E-state index contributed by atoms with van der Waals surface area (Å²) >= 11 is 0. The number of aromatic nitrogens is 1. The number of amides is 1. The Balaban J connectivity index is 2.27. The van der Waals surface area contributed by atoms with Crippen molar-refractivity contribution in [3.05, 3.63) is 30.0 Å². The van der Waals surface area contributed by atoms with Crippen LogP contribution >= 0.6 is 0 Å². The van der Waals surface area contributed by atoms with Crippen molar-refractivity contribution < 1.29 is 9.90 Å². The maximum absolute atomic E-state index is 10.9. The number of nitrogens with one attached hydrogen (secondary N) is 1. The van der Waals surface area contributed by atoms with Crippen LogP contribution in [0.15, 0.2) is 24.4 Å². The number of nitrogens with zero attached hydrogens (tertiary/aromatic N) is 1. The molecule has 1 heterocycles. The Kier molecular flexibility index (Phi) is 4.66. The molecule has 20 heavy (non-hydrogen) atoms. The molecule has 0 aliphatic heterocycles. The molecule has 0 aliphatic carbocycles. The first-order chi connectivity index (χ1) is 9.61. The van der Waals surface area contributed by atoms with Crippen LogP contribution in [0.4, 0.5) is 0 Å². The normalized spacial score (nSPS) is 10.9. The molecule has 0 radical (unpaired) electrons. The predicted octanol–water partition coefficient (Wildman–Crippen LogP) is 2.83. The second-order valence-electron chi connectivity index (χ2n) is 5.14. The van der Waals surface area contributed by atoms with E-state index in [1.807, 2.05) is 6.07 Å². The molecule has 0 aliphatic rings. The Labute approximate surface area is 119 Å². The zero-order chi connectivity index (χ0) is 14.5. The van der Waals surface area contributed by atoms with Gasteiger partial charge in [0.15, 0.2) is 0 Å². The van der Waals surface area contributed by atoms with E-state index in [0.29, 0.717) is 6.54 Å². The van der Waals surface area contributed by atoms with Crippen molar-refractivity contribution in [2.45, 2.75) is 39.7 Å². The summed E-state index contributed by atoms with van der Waals surface area (Å²) < 4.78 is 2.24. The molecule has 2 N–H and O–H groups in total. The standard InChI is InChI=1S/C16H22N2O2/c1-3-4-9-18-11-13(7-8-17-12(2)19)15-10-14(20)5-6-16(15)18/h5-6,10-11,20H,3-4,7-9H2,1-2H3,(H,17,19). The van der Waals surface area contributed by atoms with Crippen LogP contribution in [0.1, 0.15) is 32.3 Å². The van der Waals surface area contributed by atoms with Gasteiger partial charge in [-0.15, -0.1) is 0 Å². The van der Waals surface area contributed by atoms with Crippen molar-refractivity contribution in [2.75, 3.05) is 6.54 Å². The van der Waals surface area contributed by atoms with E-state index in [1.165, 1.54) is 12.5 Å². The molecule has 0 saturated heterocycles. The van der Waals surface area contributed by atoms with Gasteiger partial charge in [0.25, 0.3) is 0 Å². The molecule has 4 heteroatoms. The van der Waals surface area contributed by atoms with E-state index in [2.05, 4.69) is 23.0 Å². The van der Waals surface area contributed by atoms with Crippen LogP contribution in [0, 0.1) is 0 Å². The number of hydrogen-bond donors (Lipinski definition) is 2. The molecule has 1 amide bonds. The topological polar surface area (TPSA) is 54.3 Å². The van der Waals surface area contributed by atoms with Gasteiger partial charge in [0, 0.05) is 37.1 Å². The number of carbonyl (C=O) groups is 1. The van der Waals surface area contributed by atoms with Gasteiger partial charge in [0.05, 0.1) is 0 Å². The van der Waals surface area contributed by atoms with Crippen molar-refractivity contribution in [3.63, 3.8) is 0 Å². The Morgan fingerprint density at radius 2 is 2.20 bits per heavy atom. The van der Waals surface area contributed by atoms with Gasteiger partial charge in [-0.3, -0.25) is 4.79 Å². The Bertz CT molecular complexity index is 602. The number of aryl methyl sites for hydroxylation is 1. The zero-order valence-electron chi connectivity index (χ0n) is 12.1. The van der Waals surface area contributed by atoms with Crippen molar-refractivity contribution in [3.8, 4) is 5.75 Å². The second kappa shape index (κ2) is 6.46. The summed E-state index contributed by atoms with van der Waals surface area (Å²) in [7, 11) is 0. The monoisotopic (exact) mass is 274 g/mol. The van der Waals surface area contributed by atoms with Crippen LogP contribution in [0.25, 0.3) is 10.9 Å². The van der Waals surface area contributed by atoms with Crippen molar-refractivity contribution in [1.29, 1.82) is 0 Å². The molecule has 0 saturated carbocycles. The molecule has 108 valence electrons. The number of benzene rings is 1. The fraction of sp³-hybridized carbons (Fsp3) is 0.438. The van der Waals surface area contributed by atoms with Crippen molar-refractivity contribution in [2.24, 2.45) is 0 Å².